The van der Waals surface area contributed by atoms with Gasteiger partial charge in [-0.05, 0) is 49.7 Å². The number of hydrogen-bond acceptors (Lipinski definition) is 4. The van der Waals surface area contributed by atoms with Crippen LogP contribution in [-0.2, 0) is 4.79 Å². The molecule has 2 aliphatic rings. The van der Waals surface area contributed by atoms with E-state index >= 15 is 0 Å². The van der Waals surface area contributed by atoms with Crippen molar-refractivity contribution in [3.8, 4) is 5.75 Å². The molecule has 2 saturated carbocycles. The molecule has 114 valence electrons. The van der Waals surface area contributed by atoms with Crippen molar-refractivity contribution in [2.75, 3.05) is 6.61 Å². The van der Waals surface area contributed by atoms with Crippen molar-refractivity contribution < 1.29 is 9.53 Å². The third-order valence-electron chi connectivity index (χ3n) is 4.71. The van der Waals surface area contributed by atoms with Gasteiger partial charge < -0.3 is 15.8 Å². The summed E-state index contributed by atoms with van der Waals surface area (Å²) in [5.74, 6) is 1.65. The summed E-state index contributed by atoms with van der Waals surface area (Å²) in [5, 5.41) is 3.17. The molecule has 21 heavy (non-hydrogen) atoms. The number of carbonyl (C=O) groups is 1. The average molecular weight is 289 g/mol. The Bertz CT molecular complexity index is 466. The van der Waals surface area contributed by atoms with E-state index in [0.717, 1.165) is 12.8 Å². The molecule has 2 atom stereocenters. The number of pyridine rings is 1. The highest BCUT2D eigenvalue weighted by atomic mass is 16.5. The van der Waals surface area contributed by atoms with Crippen molar-refractivity contribution >= 4 is 5.91 Å². The Morgan fingerprint density at radius 2 is 2.14 bits per heavy atom. The zero-order valence-electron chi connectivity index (χ0n) is 12.2. The van der Waals surface area contributed by atoms with Gasteiger partial charge in [0, 0.05) is 18.3 Å². The van der Waals surface area contributed by atoms with Crippen LogP contribution in [0.25, 0.3) is 0 Å². The van der Waals surface area contributed by atoms with Crippen LogP contribution in [0.2, 0.25) is 0 Å². The Kier molecular flexibility index (Phi) is 4.39. The molecule has 0 radical (unpaired) electrons. The van der Waals surface area contributed by atoms with Crippen LogP contribution in [0.15, 0.2) is 24.5 Å². The summed E-state index contributed by atoms with van der Waals surface area (Å²) in [6.07, 6.45) is 8.98. The number of ether oxygens (including phenoxy) is 1. The first-order chi connectivity index (χ1) is 10.2. The Hall–Kier alpha value is -1.62. The second-order valence-corrected chi connectivity index (χ2v) is 6.25. The Morgan fingerprint density at radius 3 is 2.81 bits per heavy atom. The van der Waals surface area contributed by atoms with Crippen molar-refractivity contribution in [1.82, 2.24) is 10.3 Å². The van der Waals surface area contributed by atoms with Gasteiger partial charge in [-0.25, -0.2) is 0 Å². The molecule has 2 unspecified atom stereocenters. The Balaban J connectivity index is 1.52. The van der Waals surface area contributed by atoms with E-state index in [2.05, 4.69) is 10.3 Å². The van der Waals surface area contributed by atoms with E-state index in [1.807, 2.05) is 0 Å². The number of nitrogens with one attached hydrogen (secondary N) is 1. The number of rotatable bonds is 4. The molecule has 3 N–H and O–H groups in total. The standard InChI is InChI=1S/C16H23N3O2/c17-13-7-11-3-1-4-12(8-13)16(11)19-15(20)10-21-14-5-2-6-18-9-14/h2,5-6,9,11-13,16H,1,3-4,7-8,10,17H2,(H,19,20). The van der Waals surface area contributed by atoms with E-state index in [0.29, 0.717) is 23.6 Å². The predicted molar refractivity (Wildman–Crippen MR) is 79.7 cm³/mol. The lowest BCUT2D eigenvalue weighted by molar-refractivity contribution is -0.125. The molecule has 5 heteroatoms. The summed E-state index contributed by atoms with van der Waals surface area (Å²) in [5.41, 5.74) is 6.11. The first-order valence-corrected chi connectivity index (χ1v) is 7.80. The maximum atomic E-state index is 12.1. The van der Waals surface area contributed by atoms with Crippen LogP contribution in [0.1, 0.15) is 32.1 Å². The van der Waals surface area contributed by atoms with Crippen molar-refractivity contribution in [3.05, 3.63) is 24.5 Å². The summed E-state index contributed by atoms with van der Waals surface area (Å²) in [6.45, 7) is 0.0493. The van der Waals surface area contributed by atoms with Crippen LogP contribution >= 0.6 is 0 Å². The molecule has 2 bridgehead atoms. The third kappa shape index (κ3) is 3.53. The van der Waals surface area contributed by atoms with Gasteiger partial charge in [0.25, 0.3) is 5.91 Å². The van der Waals surface area contributed by atoms with Crippen LogP contribution in [0.3, 0.4) is 0 Å². The molecule has 0 aromatic carbocycles. The topological polar surface area (TPSA) is 77.2 Å². The number of nitrogens with two attached hydrogens (primary N) is 1. The lowest BCUT2D eigenvalue weighted by Crippen LogP contribution is -2.54. The molecule has 0 saturated heterocycles. The first kappa shape index (κ1) is 14.3. The van der Waals surface area contributed by atoms with Crippen LogP contribution in [0, 0.1) is 11.8 Å². The molecule has 1 amide bonds. The van der Waals surface area contributed by atoms with E-state index in [1.165, 1.54) is 19.3 Å². The van der Waals surface area contributed by atoms with Gasteiger partial charge in [0.1, 0.15) is 5.75 Å². The smallest absolute Gasteiger partial charge is 0.258 e. The van der Waals surface area contributed by atoms with Crippen LogP contribution < -0.4 is 15.8 Å². The van der Waals surface area contributed by atoms with E-state index < -0.39 is 0 Å². The number of fused-ring (bicyclic) bond motifs is 2. The van der Waals surface area contributed by atoms with Gasteiger partial charge >= 0.3 is 0 Å². The molecule has 5 nitrogen and oxygen atoms in total. The SMILES string of the molecule is NC1CC2CCCC(C1)C2NC(=O)COc1cccnc1. The van der Waals surface area contributed by atoms with Crippen LogP contribution in [0.5, 0.6) is 5.75 Å². The summed E-state index contributed by atoms with van der Waals surface area (Å²) in [7, 11) is 0. The lowest BCUT2D eigenvalue weighted by Gasteiger charge is -2.45. The second-order valence-electron chi connectivity index (χ2n) is 6.25. The fourth-order valence-corrected chi connectivity index (χ4v) is 3.83. The van der Waals surface area contributed by atoms with Gasteiger partial charge in [-0.3, -0.25) is 9.78 Å². The second kappa shape index (κ2) is 6.43. The molecule has 2 fully saturated rings. The molecular weight excluding hydrogens is 266 g/mol. The Labute approximate surface area is 125 Å². The van der Waals surface area contributed by atoms with Gasteiger partial charge in [-0.15, -0.1) is 0 Å². The van der Waals surface area contributed by atoms with Crippen LogP contribution in [0.4, 0.5) is 0 Å². The van der Waals surface area contributed by atoms with Crippen molar-refractivity contribution in [3.63, 3.8) is 0 Å². The van der Waals surface area contributed by atoms with Gasteiger partial charge in [0.05, 0.1) is 6.20 Å². The first-order valence-electron chi connectivity index (χ1n) is 7.80. The van der Waals surface area contributed by atoms with Crippen LogP contribution in [-0.4, -0.2) is 29.6 Å². The molecule has 0 spiro atoms. The maximum absolute atomic E-state index is 12.1. The van der Waals surface area contributed by atoms with E-state index in [4.69, 9.17) is 10.5 Å². The molecule has 0 aliphatic heterocycles. The number of amides is 1. The van der Waals surface area contributed by atoms with E-state index in [-0.39, 0.29) is 18.6 Å². The summed E-state index contributed by atoms with van der Waals surface area (Å²) < 4.78 is 5.45. The quantitative estimate of drug-likeness (QED) is 0.880. The van der Waals surface area contributed by atoms with E-state index in [9.17, 15) is 4.79 Å². The highest BCUT2D eigenvalue weighted by Gasteiger charge is 2.39. The lowest BCUT2D eigenvalue weighted by atomic mass is 9.67. The van der Waals surface area contributed by atoms with Crippen molar-refractivity contribution in [2.45, 2.75) is 44.2 Å². The van der Waals surface area contributed by atoms with Gasteiger partial charge in [0.2, 0.25) is 0 Å². The minimum atomic E-state index is -0.0452. The summed E-state index contributed by atoms with van der Waals surface area (Å²) in [4.78, 5) is 16.1. The molecule has 1 heterocycles. The normalized spacial score (nSPS) is 31.5. The number of nitrogens with zero attached hydrogens (tertiary/aromatic N) is 1. The minimum Gasteiger partial charge on any atom is -0.482 e. The number of carbonyl (C=O) groups excluding carboxylic acids is 1. The fourth-order valence-electron chi connectivity index (χ4n) is 3.83. The van der Waals surface area contributed by atoms with Gasteiger partial charge in [-0.2, -0.15) is 0 Å². The van der Waals surface area contributed by atoms with Gasteiger partial charge in [-0.1, -0.05) is 6.42 Å². The minimum absolute atomic E-state index is 0.0452. The van der Waals surface area contributed by atoms with Gasteiger partial charge in [0.15, 0.2) is 6.61 Å². The third-order valence-corrected chi connectivity index (χ3v) is 4.71. The molecular formula is C16H23N3O2. The summed E-state index contributed by atoms with van der Waals surface area (Å²) >= 11 is 0. The maximum Gasteiger partial charge on any atom is 0.258 e. The summed E-state index contributed by atoms with van der Waals surface area (Å²) in [6, 6.07) is 4.18. The molecule has 2 aliphatic carbocycles. The average Bonchev–Trinajstić information content (AvgIpc) is 2.47. The van der Waals surface area contributed by atoms with Crippen molar-refractivity contribution in [2.24, 2.45) is 17.6 Å². The fraction of sp³-hybridized carbons (Fsp3) is 0.625. The highest BCUT2D eigenvalue weighted by molar-refractivity contribution is 5.78. The monoisotopic (exact) mass is 289 g/mol. The number of hydrogen-bond donors (Lipinski definition) is 2. The van der Waals surface area contributed by atoms with Crippen molar-refractivity contribution in [1.29, 1.82) is 0 Å². The molecule has 1 aromatic heterocycles. The molecule has 3 rings (SSSR count). The zero-order chi connectivity index (χ0) is 14.7. The number of aromatic nitrogens is 1. The molecule has 1 aromatic rings. The largest absolute Gasteiger partial charge is 0.482 e. The van der Waals surface area contributed by atoms with E-state index in [1.54, 1.807) is 24.5 Å². The highest BCUT2D eigenvalue weighted by Crippen LogP contribution is 2.39. The Morgan fingerprint density at radius 1 is 1.38 bits per heavy atom. The predicted octanol–water partition coefficient (Wildman–Crippen LogP) is 1.48. The zero-order valence-corrected chi connectivity index (χ0v) is 12.2.